The maximum Gasteiger partial charge on any atom is 0.265 e. The minimum Gasteiger partial charge on any atom is -0.480 e. The molecule has 0 saturated heterocycles. The molecule has 2 aromatic carbocycles. The van der Waals surface area contributed by atoms with Crippen molar-refractivity contribution in [2.75, 3.05) is 11.1 Å². The predicted molar refractivity (Wildman–Crippen MR) is 102 cm³/mol. The molecule has 0 heterocycles. The van der Waals surface area contributed by atoms with E-state index in [1.54, 1.807) is 11.8 Å². The minimum atomic E-state index is -0.509. The number of hydrogen-bond donors (Lipinski definition) is 1. The number of aryl methyl sites for hydroxylation is 1. The fraction of sp³-hybridized carbons (Fsp3) is 0.350. The first-order chi connectivity index (χ1) is 11.6. The lowest BCUT2D eigenvalue weighted by Crippen LogP contribution is -2.32. The Morgan fingerprint density at radius 2 is 1.88 bits per heavy atom. The van der Waals surface area contributed by atoms with Crippen molar-refractivity contribution in [1.29, 1.82) is 0 Å². The molecule has 0 unspecified atom stereocenters. The van der Waals surface area contributed by atoms with E-state index >= 15 is 0 Å². The maximum absolute atomic E-state index is 12.7. The molecule has 0 aromatic heterocycles. The van der Waals surface area contributed by atoms with Gasteiger partial charge in [0.25, 0.3) is 5.91 Å². The highest BCUT2D eigenvalue weighted by atomic mass is 32.2. The van der Waals surface area contributed by atoms with Gasteiger partial charge in [0.15, 0.2) is 6.10 Å². The molecule has 1 amide bonds. The largest absolute Gasteiger partial charge is 0.480 e. The van der Waals surface area contributed by atoms with E-state index in [1.807, 2.05) is 63.2 Å². The molecule has 0 aliphatic carbocycles. The fourth-order valence-electron chi connectivity index (χ4n) is 2.39. The lowest BCUT2D eigenvalue weighted by Gasteiger charge is -2.20. The number of carbonyl (C=O) groups is 1. The summed E-state index contributed by atoms with van der Waals surface area (Å²) in [5.74, 6) is 1.62. The van der Waals surface area contributed by atoms with Gasteiger partial charge in [0.1, 0.15) is 5.75 Å². The zero-order chi connectivity index (χ0) is 17.5. The highest BCUT2D eigenvalue weighted by Gasteiger charge is 2.20. The molecule has 0 bridgehead atoms. The van der Waals surface area contributed by atoms with Gasteiger partial charge in [0.05, 0.1) is 5.69 Å². The predicted octanol–water partition coefficient (Wildman–Crippen LogP) is 5.21. The van der Waals surface area contributed by atoms with Crippen LogP contribution in [0.25, 0.3) is 0 Å². The normalized spacial score (nSPS) is 11.8. The van der Waals surface area contributed by atoms with Crippen molar-refractivity contribution in [1.82, 2.24) is 0 Å². The van der Waals surface area contributed by atoms with Crippen molar-refractivity contribution in [3.05, 3.63) is 53.6 Å². The molecule has 4 heteroatoms. The Morgan fingerprint density at radius 1 is 1.12 bits per heavy atom. The van der Waals surface area contributed by atoms with Gasteiger partial charge in [-0.25, -0.2) is 0 Å². The SMILES string of the molecule is CCSc1ccccc1NC(=O)[C@H](CC)Oc1cccc(C)c1C. The van der Waals surface area contributed by atoms with Gasteiger partial charge in [-0.2, -0.15) is 0 Å². The van der Waals surface area contributed by atoms with Crippen LogP contribution in [0.2, 0.25) is 0 Å². The zero-order valence-electron chi connectivity index (χ0n) is 14.8. The van der Waals surface area contributed by atoms with Crippen molar-refractivity contribution in [3.8, 4) is 5.75 Å². The van der Waals surface area contributed by atoms with Gasteiger partial charge < -0.3 is 10.1 Å². The molecule has 0 spiro atoms. The molecule has 24 heavy (non-hydrogen) atoms. The number of ether oxygens (including phenoxy) is 1. The first kappa shape index (κ1) is 18.4. The van der Waals surface area contributed by atoms with E-state index in [0.717, 1.165) is 33.2 Å². The third-order valence-corrected chi connectivity index (χ3v) is 4.89. The third kappa shape index (κ3) is 4.54. The second-order valence-corrected chi connectivity index (χ2v) is 6.94. The Hall–Kier alpha value is -1.94. The second kappa shape index (κ2) is 8.78. The van der Waals surface area contributed by atoms with Crippen molar-refractivity contribution in [3.63, 3.8) is 0 Å². The molecule has 0 aliphatic rings. The van der Waals surface area contributed by atoms with E-state index < -0.39 is 6.10 Å². The average Bonchev–Trinajstić information content (AvgIpc) is 2.58. The fourth-order valence-corrected chi connectivity index (χ4v) is 3.15. The van der Waals surface area contributed by atoms with Crippen LogP contribution in [0.4, 0.5) is 5.69 Å². The van der Waals surface area contributed by atoms with Crippen molar-refractivity contribution < 1.29 is 9.53 Å². The summed E-state index contributed by atoms with van der Waals surface area (Å²) in [4.78, 5) is 13.7. The molecule has 0 aliphatic heterocycles. The molecule has 1 atom stereocenters. The lowest BCUT2D eigenvalue weighted by molar-refractivity contribution is -0.122. The third-order valence-electron chi connectivity index (χ3n) is 3.93. The average molecular weight is 343 g/mol. The van der Waals surface area contributed by atoms with Gasteiger partial charge in [0, 0.05) is 4.90 Å². The standard InChI is InChI=1S/C20H25NO2S/c1-5-17(23-18-12-9-10-14(3)15(18)4)20(22)21-16-11-7-8-13-19(16)24-6-2/h7-13,17H,5-6H2,1-4H3,(H,21,22)/t17-/m0/s1. The number of anilines is 1. The maximum atomic E-state index is 12.7. The highest BCUT2D eigenvalue weighted by molar-refractivity contribution is 7.99. The Morgan fingerprint density at radius 3 is 2.58 bits per heavy atom. The van der Waals surface area contributed by atoms with Crippen LogP contribution < -0.4 is 10.1 Å². The highest BCUT2D eigenvalue weighted by Crippen LogP contribution is 2.27. The summed E-state index contributed by atoms with van der Waals surface area (Å²) >= 11 is 1.72. The second-order valence-electron chi connectivity index (χ2n) is 5.63. The number of para-hydroxylation sites is 1. The van der Waals surface area contributed by atoms with Crippen LogP contribution in [0.3, 0.4) is 0 Å². The van der Waals surface area contributed by atoms with Crippen LogP contribution in [0.15, 0.2) is 47.4 Å². The number of benzene rings is 2. The van der Waals surface area contributed by atoms with Crippen LogP contribution in [0.1, 0.15) is 31.4 Å². The van der Waals surface area contributed by atoms with Gasteiger partial charge >= 0.3 is 0 Å². The Balaban J connectivity index is 2.13. The molecule has 128 valence electrons. The molecule has 0 fully saturated rings. The Bertz CT molecular complexity index is 700. The molecule has 2 rings (SSSR count). The number of hydrogen-bond acceptors (Lipinski definition) is 3. The monoisotopic (exact) mass is 343 g/mol. The molecular weight excluding hydrogens is 318 g/mol. The van der Waals surface area contributed by atoms with E-state index in [-0.39, 0.29) is 5.91 Å². The molecule has 0 radical (unpaired) electrons. The number of nitrogens with one attached hydrogen (secondary N) is 1. The number of rotatable bonds is 7. The minimum absolute atomic E-state index is 0.109. The first-order valence-corrected chi connectivity index (χ1v) is 9.30. The van der Waals surface area contributed by atoms with E-state index in [9.17, 15) is 4.79 Å². The van der Waals surface area contributed by atoms with Crippen LogP contribution in [0, 0.1) is 13.8 Å². The van der Waals surface area contributed by atoms with Crippen molar-refractivity contribution >= 4 is 23.4 Å². The van der Waals surface area contributed by atoms with E-state index in [2.05, 4.69) is 12.2 Å². The van der Waals surface area contributed by atoms with Gasteiger partial charge in [-0.3, -0.25) is 4.79 Å². The summed E-state index contributed by atoms with van der Waals surface area (Å²) < 4.78 is 5.99. The first-order valence-electron chi connectivity index (χ1n) is 8.32. The summed E-state index contributed by atoms with van der Waals surface area (Å²) in [6, 6.07) is 13.8. The van der Waals surface area contributed by atoms with Crippen molar-refractivity contribution in [2.45, 2.75) is 45.1 Å². The number of amides is 1. The Labute approximate surface area is 148 Å². The summed E-state index contributed by atoms with van der Waals surface area (Å²) in [7, 11) is 0. The van der Waals surface area contributed by atoms with Crippen LogP contribution in [-0.4, -0.2) is 17.8 Å². The molecule has 1 N–H and O–H groups in total. The quantitative estimate of drug-likeness (QED) is 0.701. The van der Waals surface area contributed by atoms with Gasteiger partial charge in [-0.15, -0.1) is 11.8 Å². The topological polar surface area (TPSA) is 38.3 Å². The number of thioether (sulfide) groups is 1. The van der Waals surface area contributed by atoms with Gasteiger partial charge in [0.2, 0.25) is 0 Å². The Kier molecular flexibility index (Phi) is 6.73. The summed E-state index contributed by atoms with van der Waals surface area (Å²) in [6.07, 6.45) is 0.104. The molecule has 2 aromatic rings. The number of carbonyl (C=O) groups excluding carboxylic acids is 1. The molecule has 3 nitrogen and oxygen atoms in total. The smallest absolute Gasteiger partial charge is 0.265 e. The van der Waals surface area contributed by atoms with Crippen LogP contribution in [-0.2, 0) is 4.79 Å². The summed E-state index contributed by atoms with van der Waals surface area (Å²) in [5, 5.41) is 3.02. The zero-order valence-corrected chi connectivity index (χ0v) is 15.6. The van der Waals surface area contributed by atoms with E-state index in [4.69, 9.17) is 4.74 Å². The lowest BCUT2D eigenvalue weighted by atomic mass is 10.1. The van der Waals surface area contributed by atoms with Gasteiger partial charge in [-0.1, -0.05) is 38.1 Å². The molecular formula is C20H25NO2S. The van der Waals surface area contributed by atoms with Crippen LogP contribution in [0.5, 0.6) is 5.75 Å². The van der Waals surface area contributed by atoms with E-state index in [0.29, 0.717) is 6.42 Å². The summed E-state index contributed by atoms with van der Waals surface area (Å²) in [5.41, 5.74) is 3.08. The summed E-state index contributed by atoms with van der Waals surface area (Å²) in [6.45, 7) is 8.12. The molecule has 0 saturated carbocycles. The van der Waals surface area contributed by atoms with E-state index in [1.165, 1.54) is 0 Å². The van der Waals surface area contributed by atoms with Crippen molar-refractivity contribution in [2.24, 2.45) is 0 Å². The van der Waals surface area contributed by atoms with Crippen LogP contribution >= 0.6 is 11.8 Å². The van der Waals surface area contributed by atoms with Gasteiger partial charge in [-0.05, 0) is 55.3 Å².